The molecule has 0 aliphatic carbocycles. The zero-order chi connectivity index (χ0) is 47.2. The minimum Gasteiger partial charge on any atom is -0.466 e. The Morgan fingerprint density at radius 2 is 0.723 bits per heavy atom. The Morgan fingerprint density at radius 3 is 1.09 bits per heavy atom. The van der Waals surface area contributed by atoms with Crippen molar-refractivity contribution < 1.29 is 24.5 Å². The van der Waals surface area contributed by atoms with Crippen LogP contribution in [0, 0.1) is 0 Å². The predicted octanol–water partition coefficient (Wildman–Crippen LogP) is 17.9. The minimum absolute atomic E-state index is 0.00549. The molecule has 1 amide bonds. The van der Waals surface area contributed by atoms with E-state index in [0.29, 0.717) is 19.4 Å². The van der Waals surface area contributed by atoms with Crippen molar-refractivity contribution in [1.82, 2.24) is 5.32 Å². The molecule has 0 heterocycles. The van der Waals surface area contributed by atoms with E-state index in [4.69, 9.17) is 4.74 Å². The fourth-order valence-corrected chi connectivity index (χ4v) is 8.98. The van der Waals surface area contributed by atoms with Crippen molar-refractivity contribution in [3.05, 3.63) is 24.3 Å². The summed E-state index contributed by atoms with van der Waals surface area (Å²) in [5.74, 6) is -0.0786. The first-order valence-corrected chi connectivity index (χ1v) is 29.1. The average molecular weight is 917 g/mol. The summed E-state index contributed by atoms with van der Waals surface area (Å²) in [6.45, 7) is 4.90. The lowest BCUT2D eigenvalue weighted by Gasteiger charge is -2.20. The van der Waals surface area contributed by atoms with Crippen LogP contribution < -0.4 is 5.32 Å². The van der Waals surface area contributed by atoms with Gasteiger partial charge in [0.1, 0.15) is 0 Å². The zero-order valence-electron chi connectivity index (χ0n) is 43.7. The number of esters is 1. The van der Waals surface area contributed by atoms with Gasteiger partial charge in [0, 0.05) is 12.8 Å². The van der Waals surface area contributed by atoms with Crippen LogP contribution in [0.3, 0.4) is 0 Å². The quantitative estimate of drug-likeness (QED) is 0.0321. The van der Waals surface area contributed by atoms with Gasteiger partial charge in [-0.25, -0.2) is 0 Å². The molecule has 0 bridgehead atoms. The third kappa shape index (κ3) is 51.6. The Labute approximate surface area is 405 Å². The largest absolute Gasteiger partial charge is 0.466 e. The van der Waals surface area contributed by atoms with Gasteiger partial charge in [-0.2, -0.15) is 0 Å². The second kappa shape index (κ2) is 54.9. The maximum atomic E-state index is 12.5. The molecule has 0 radical (unpaired) electrons. The smallest absolute Gasteiger partial charge is 0.305 e. The van der Waals surface area contributed by atoms with Crippen LogP contribution in [0.1, 0.15) is 316 Å². The number of hydrogen-bond acceptors (Lipinski definition) is 5. The highest BCUT2D eigenvalue weighted by molar-refractivity contribution is 5.76. The molecule has 65 heavy (non-hydrogen) atoms. The summed E-state index contributed by atoms with van der Waals surface area (Å²) in [6.07, 6.45) is 66.2. The average Bonchev–Trinajstić information content (AvgIpc) is 3.31. The molecule has 2 unspecified atom stereocenters. The van der Waals surface area contributed by atoms with Gasteiger partial charge in [0.05, 0.1) is 25.4 Å². The van der Waals surface area contributed by atoms with Crippen molar-refractivity contribution in [3.8, 4) is 0 Å². The molecular weight excluding hydrogens is 803 g/mol. The van der Waals surface area contributed by atoms with Crippen LogP contribution >= 0.6 is 0 Å². The van der Waals surface area contributed by atoms with E-state index in [1.54, 1.807) is 6.08 Å². The molecule has 0 aromatic carbocycles. The Kier molecular flexibility index (Phi) is 53.5. The van der Waals surface area contributed by atoms with E-state index < -0.39 is 12.1 Å². The topological polar surface area (TPSA) is 95.9 Å². The van der Waals surface area contributed by atoms with Crippen molar-refractivity contribution in [1.29, 1.82) is 0 Å². The van der Waals surface area contributed by atoms with E-state index in [0.717, 1.165) is 44.9 Å². The highest BCUT2D eigenvalue weighted by atomic mass is 16.5. The molecule has 0 aliphatic heterocycles. The molecule has 0 aliphatic rings. The summed E-state index contributed by atoms with van der Waals surface area (Å²) in [6, 6.07) is -0.633. The van der Waals surface area contributed by atoms with Crippen LogP contribution in [-0.4, -0.2) is 47.4 Å². The summed E-state index contributed by atoms with van der Waals surface area (Å²) in [5.41, 5.74) is 0. The predicted molar refractivity (Wildman–Crippen MR) is 283 cm³/mol. The Bertz CT molecular complexity index is 1010. The molecule has 6 nitrogen and oxygen atoms in total. The molecule has 0 aromatic rings. The summed E-state index contributed by atoms with van der Waals surface area (Å²) >= 11 is 0. The fourth-order valence-electron chi connectivity index (χ4n) is 8.98. The number of amides is 1. The lowest BCUT2D eigenvalue weighted by atomic mass is 10.0. The molecule has 384 valence electrons. The molecule has 0 saturated heterocycles. The van der Waals surface area contributed by atoms with Crippen LogP contribution in [-0.2, 0) is 14.3 Å². The number of ether oxygens (including phenoxy) is 1. The minimum atomic E-state index is -0.849. The van der Waals surface area contributed by atoms with Crippen LogP contribution in [0.2, 0.25) is 0 Å². The molecular formula is C59H113NO5. The SMILES string of the molecule is CCCCCCCC/C=C\CCCCCCCC(=O)OCCCCCCCCCCCCCCCCCCC(=O)NC(CO)C(O)/C=C/CCCCCCCCCCCCCCCCC. The van der Waals surface area contributed by atoms with Crippen LogP contribution in [0.5, 0.6) is 0 Å². The fraction of sp³-hybridized carbons (Fsp3) is 0.898. The summed E-state index contributed by atoms with van der Waals surface area (Å²) in [7, 11) is 0. The lowest BCUT2D eigenvalue weighted by Crippen LogP contribution is -2.45. The third-order valence-electron chi connectivity index (χ3n) is 13.5. The summed E-state index contributed by atoms with van der Waals surface area (Å²) in [4.78, 5) is 24.5. The van der Waals surface area contributed by atoms with Crippen molar-refractivity contribution in [3.63, 3.8) is 0 Å². The van der Waals surface area contributed by atoms with E-state index in [-0.39, 0.29) is 18.5 Å². The van der Waals surface area contributed by atoms with Crippen LogP contribution in [0.15, 0.2) is 24.3 Å². The lowest BCUT2D eigenvalue weighted by molar-refractivity contribution is -0.143. The van der Waals surface area contributed by atoms with Gasteiger partial charge < -0.3 is 20.3 Å². The van der Waals surface area contributed by atoms with E-state index in [9.17, 15) is 19.8 Å². The number of rotatable bonds is 54. The molecule has 0 saturated carbocycles. The van der Waals surface area contributed by atoms with Gasteiger partial charge in [0.25, 0.3) is 0 Å². The van der Waals surface area contributed by atoms with Gasteiger partial charge in [-0.1, -0.05) is 269 Å². The maximum absolute atomic E-state index is 12.5. The molecule has 6 heteroatoms. The number of hydrogen-bond donors (Lipinski definition) is 3. The first kappa shape index (κ1) is 63.3. The molecule has 0 spiro atoms. The molecule has 2 atom stereocenters. The number of aliphatic hydroxyl groups is 2. The second-order valence-electron chi connectivity index (χ2n) is 20.0. The van der Waals surface area contributed by atoms with Crippen LogP contribution in [0.25, 0.3) is 0 Å². The van der Waals surface area contributed by atoms with Gasteiger partial charge in [-0.05, 0) is 57.8 Å². The number of allylic oxidation sites excluding steroid dienone is 3. The van der Waals surface area contributed by atoms with Crippen molar-refractivity contribution in [2.45, 2.75) is 328 Å². The van der Waals surface area contributed by atoms with Gasteiger partial charge in [0.15, 0.2) is 0 Å². The maximum Gasteiger partial charge on any atom is 0.305 e. The monoisotopic (exact) mass is 916 g/mol. The molecule has 0 aromatic heterocycles. The highest BCUT2D eigenvalue weighted by Crippen LogP contribution is 2.17. The summed E-state index contributed by atoms with van der Waals surface area (Å²) in [5, 5.41) is 23.1. The number of nitrogens with one attached hydrogen (secondary N) is 1. The zero-order valence-corrected chi connectivity index (χ0v) is 43.7. The van der Waals surface area contributed by atoms with E-state index in [1.165, 1.54) is 244 Å². The normalized spacial score (nSPS) is 12.7. The Morgan fingerprint density at radius 1 is 0.415 bits per heavy atom. The van der Waals surface area contributed by atoms with Gasteiger partial charge >= 0.3 is 5.97 Å². The van der Waals surface area contributed by atoms with E-state index in [1.807, 2.05) is 6.08 Å². The van der Waals surface area contributed by atoms with Gasteiger partial charge in [-0.15, -0.1) is 0 Å². The van der Waals surface area contributed by atoms with Gasteiger partial charge in [-0.3, -0.25) is 9.59 Å². The molecule has 3 N–H and O–H groups in total. The third-order valence-corrected chi connectivity index (χ3v) is 13.5. The van der Waals surface area contributed by atoms with Crippen molar-refractivity contribution in [2.24, 2.45) is 0 Å². The number of unbranched alkanes of at least 4 members (excludes halogenated alkanes) is 41. The van der Waals surface area contributed by atoms with Gasteiger partial charge in [0.2, 0.25) is 5.91 Å². The van der Waals surface area contributed by atoms with Crippen LogP contribution in [0.4, 0.5) is 0 Å². The van der Waals surface area contributed by atoms with Crippen molar-refractivity contribution in [2.75, 3.05) is 13.2 Å². The number of carbonyl (C=O) groups excluding carboxylic acids is 2. The van der Waals surface area contributed by atoms with E-state index >= 15 is 0 Å². The summed E-state index contributed by atoms with van der Waals surface area (Å²) < 4.78 is 5.47. The highest BCUT2D eigenvalue weighted by Gasteiger charge is 2.18. The Hall–Kier alpha value is -1.66. The standard InChI is InChI=1S/C59H113NO5/c1-3-5-7-9-11-13-15-17-19-20-24-27-31-35-39-43-47-51-57(62)56(55-61)60-58(63)52-48-44-40-36-32-28-25-21-22-26-30-34-38-42-46-50-54-65-59(64)53-49-45-41-37-33-29-23-18-16-14-12-10-8-6-4-2/h18,23,47,51,56-57,61-62H,3-17,19-22,24-46,48-50,52-55H2,1-2H3,(H,60,63)/b23-18-,51-47+. The van der Waals surface area contributed by atoms with Crippen molar-refractivity contribution >= 4 is 11.9 Å². The number of carbonyl (C=O) groups is 2. The Balaban J connectivity index is 3.45. The first-order chi connectivity index (χ1) is 32.0. The molecule has 0 fully saturated rings. The van der Waals surface area contributed by atoms with E-state index in [2.05, 4.69) is 31.3 Å². The molecule has 0 rings (SSSR count). The first-order valence-electron chi connectivity index (χ1n) is 29.1. The second-order valence-corrected chi connectivity index (χ2v) is 20.0. The number of aliphatic hydroxyl groups excluding tert-OH is 2.